The molecule has 0 spiro atoms. The molecular weight excluding hydrogens is 268 g/mol. The normalized spacial score (nSPS) is 10.5. The number of aryl methyl sites for hydroxylation is 1. The van der Waals surface area contributed by atoms with E-state index in [0.717, 1.165) is 11.1 Å². The first-order valence-electron chi connectivity index (χ1n) is 6.44. The van der Waals surface area contributed by atoms with E-state index >= 15 is 0 Å². The number of nitrogen functional groups attached to an aromatic ring is 1. The van der Waals surface area contributed by atoms with Crippen LogP contribution in [0.1, 0.15) is 11.5 Å². The van der Waals surface area contributed by atoms with Crippen molar-refractivity contribution in [2.75, 3.05) is 5.73 Å². The molecule has 3 rings (SSSR count). The van der Waals surface area contributed by atoms with Crippen LogP contribution in [0, 0.1) is 6.92 Å². The summed E-state index contributed by atoms with van der Waals surface area (Å²) in [7, 11) is 0. The number of anilines is 1. The molecule has 0 atom stereocenters. The molecule has 3 aromatic rings. The first-order valence-corrected chi connectivity index (χ1v) is 6.44. The van der Waals surface area contributed by atoms with Gasteiger partial charge < -0.3 is 15.0 Å². The number of hydrogen-bond donors (Lipinski definition) is 1. The molecule has 0 radical (unpaired) electrons. The fourth-order valence-corrected chi connectivity index (χ4v) is 1.83. The zero-order valence-corrected chi connectivity index (χ0v) is 11.5. The van der Waals surface area contributed by atoms with Crippen molar-refractivity contribution in [1.82, 2.24) is 15.1 Å². The molecule has 0 aliphatic rings. The van der Waals surface area contributed by atoms with E-state index in [1.165, 1.54) is 0 Å². The zero-order chi connectivity index (χ0) is 14.7. The van der Waals surface area contributed by atoms with Gasteiger partial charge in [-0.25, -0.2) is 0 Å². The van der Waals surface area contributed by atoms with Crippen LogP contribution >= 0.6 is 0 Å². The Hall–Kier alpha value is -2.89. The monoisotopic (exact) mass is 282 g/mol. The fourth-order valence-electron chi connectivity index (χ4n) is 1.83. The third kappa shape index (κ3) is 3.00. The summed E-state index contributed by atoms with van der Waals surface area (Å²) in [5.74, 6) is 1.61. The van der Waals surface area contributed by atoms with Crippen molar-refractivity contribution >= 4 is 5.69 Å². The molecule has 6 heteroatoms. The SMILES string of the molecule is Cc1ccncc1-c1noc(COc2ccc(N)cc2)n1. The lowest BCUT2D eigenvalue weighted by Crippen LogP contribution is -1.96. The summed E-state index contributed by atoms with van der Waals surface area (Å²) in [4.78, 5) is 8.37. The standard InChI is InChI=1S/C15H14N4O2/c1-10-6-7-17-8-13(10)15-18-14(21-19-15)9-20-12-4-2-11(16)3-5-12/h2-8H,9,16H2,1H3. The van der Waals surface area contributed by atoms with E-state index < -0.39 is 0 Å². The highest BCUT2D eigenvalue weighted by molar-refractivity contribution is 5.57. The maximum atomic E-state index is 5.61. The molecule has 2 N–H and O–H groups in total. The van der Waals surface area contributed by atoms with E-state index in [0.29, 0.717) is 23.2 Å². The highest BCUT2D eigenvalue weighted by Gasteiger charge is 2.11. The minimum absolute atomic E-state index is 0.205. The second kappa shape index (κ2) is 5.62. The number of nitrogens with zero attached hydrogens (tertiary/aromatic N) is 3. The van der Waals surface area contributed by atoms with Gasteiger partial charge in [0.15, 0.2) is 6.61 Å². The Morgan fingerprint density at radius 1 is 1.19 bits per heavy atom. The van der Waals surface area contributed by atoms with Crippen molar-refractivity contribution in [1.29, 1.82) is 0 Å². The van der Waals surface area contributed by atoms with Gasteiger partial charge in [0.1, 0.15) is 5.75 Å². The molecule has 6 nitrogen and oxygen atoms in total. The molecule has 2 aromatic heterocycles. The summed E-state index contributed by atoms with van der Waals surface area (Å²) in [6.07, 6.45) is 3.44. The van der Waals surface area contributed by atoms with Crippen molar-refractivity contribution in [3.05, 3.63) is 54.2 Å². The Morgan fingerprint density at radius 2 is 2.00 bits per heavy atom. The molecule has 0 saturated carbocycles. The molecule has 0 saturated heterocycles. The summed E-state index contributed by atoms with van der Waals surface area (Å²) in [5, 5.41) is 3.95. The van der Waals surface area contributed by atoms with Crippen LogP contribution in [0.25, 0.3) is 11.4 Å². The van der Waals surface area contributed by atoms with E-state index in [4.69, 9.17) is 15.0 Å². The lowest BCUT2D eigenvalue weighted by Gasteiger charge is -2.02. The number of hydrogen-bond acceptors (Lipinski definition) is 6. The number of rotatable bonds is 4. The topological polar surface area (TPSA) is 87.1 Å². The van der Waals surface area contributed by atoms with Crippen molar-refractivity contribution in [3.8, 4) is 17.1 Å². The van der Waals surface area contributed by atoms with Crippen molar-refractivity contribution in [3.63, 3.8) is 0 Å². The van der Waals surface area contributed by atoms with Crippen LogP contribution in [0.5, 0.6) is 5.75 Å². The Morgan fingerprint density at radius 3 is 2.76 bits per heavy atom. The molecule has 0 aliphatic carbocycles. The molecule has 1 aromatic carbocycles. The molecule has 21 heavy (non-hydrogen) atoms. The van der Waals surface area contributed by atoms with E-state index in [-0.39, 0.29) is 6.61 Å². The third-order valence-electron chi connectivity index (χ3n) is 2.99. The molecule has 0 unspecified atom stereocenters. The predicted octanol–water partition coefficient (Wildman–Crippen LogP) is 2.60. The molecule has 0 bridgehead atoms. The largest absolute Gasteiger partial charge is 0.484 e. The molecule has 0 fully saturated rings. The number of aromatic nitrogens is 3. The van der Waals surface area contributed by atoms with Gasteiger partial charge in [-0.3, -0.25) is 4.98 Å². The minimum atomic E-state index is 0.205. The number of ether oxygens (including phenoxy) is 1. The van der Waals surface area contributed by atoms with Gasteiger partial charge in [-0.2, -0.15) is 4.98 Å². The average Bonchev–Trinajstić information content (AvgIpc) is 2.96. The van der Waals surface area contributed by atoms with E-state index in [1.54, 1.807) is 36.7 Å². The maximum absolute atomic E-state index is 5.61. The minimum Gasteiger partial charge on any atom is -0.484 e. The van der Waals surface area contributed by atoms with Crippen molar-refractivity contribution in [2.24, 2.45) is 0 Å². The molecule has 2 heterocycles. The van der Waals surface area contributed by atoms with Crippen LogP contribution in [0.3, 0.4) is 0 Å². The second-order valence-electron chi connectivity index (χ2n) is 4.56. The third-order valence-corrected chi connectivity index (χ3v) is 2.99. The van der Waals surface area contributed by atoms with Crippen molar-refractivity contribution < 1.29 is 9.26 Å². The van der Waals surface area contributed by atoms with Gasteiger partial charge in [0.2, 0.25) is 5.82 Å². The van der Waals surface area contributed by atoms with Gasteiger partial charge in [0, 0.05) is 23.6 Å². The van der Waals surface area contributed by atoms with Gasteiger partial charge >= 0.3 is 0 Å². The second-order valence-corrected chi connectivity index (χ2v) is 4.56. The lowest BCUT2D eigenvalue weighted by molar-refractivity contribution is 0.243. The summed E-state index contributed by atoms with van der Waals surface area (Å²) in [5.41, 5.74) is 8.19. The molecule has 106 valence electrons. The summed E-state index contributed by atoms with van der Waals surface area (Å²) in [6.45, 7) is 2.17. The molecule has 0 amide bonds. The lowest BCUT2D eigenvalue weighted by atomic mass is 10.1. The summed E-state index contributed by atoms with van der Waals surface area (Å²) in [6, 6.07) is 9.02. The molecule has 0 aliphatic heterocycles. The number of pyridine rings is 1. The predicted molar refractivity (Wildman–Crippen MR) is 77.5 cm³/mol. The molecular formula is C15H14N4O2. The quantitative estimate of drug-likeness (QED) is 0.740. The van der Waals surface area contributed by atoms with Gasteiger partial charge in [0.25, 0.3) is 5.89 Å². The van der Waals surface area contributed by atoms with Crippen LogP contribution in [-0.4, -0.2) is 15.1 Å². The Bertz CT molecular complexity index is 737. The smallest absolute Gasteiger partial charge is 0.264 e. The maximum Gasteiger partial charge on any atom is 0.264 e. The first kappa shape index (κ1) is 13.1. The van der Waals surface area contributed by atoms with Crippen LogP contribution in [0.2, 0.25) is 0 Å². The summed E-state index contributed by atoms with van der Waals surface area (Å²) < 4.78 is 10.7. The van der Waals surface area contributed by atoms with Crippen LogP contribution < -0.4 is 10.5 Å². The zero-order valence-electron chi connectivity index (χ0n) is 11.5. The van der Waals surface area contributed by atoms with E-state index in [2.05, 4.69) is 15.1 Å². The van der Waals surface area contributed by atoms with Gasteiger partial charge in [0.05, 0.1) is 0 Å². The Balaban J connectivity index is 1.71. The fraction of sp³-hybridized carbons (Fsp3) is 0.133. The Kier molecular flexibility index (Phi) is 3.51. The Labute approximate surface area is 121 Å². The summed E-state index contributed by atoms with van der Waals surface area (Å²) >= 11 is 0. The van der Waals surface area contributed by atoms with E-state index in [1.807, 2.05) is 13.0 Å². The van der Waals surface area contributed by atoms with Crippen LogP contribution in [0.15, 0.2) is 47.2 Å². The highest BCUT2D eigenvalue weighted by atomic mass is 16.5. The average molecular weight is 282 g/mol. The van der Waals surface area contributed by atoms with Gasteiger partial charge in [-0.05, 0) is 42.8 Å². The van der Waals surface area contributed by atoms with Crippen molar-refractivity contribution in [2.45, 2.75) is 13.5 Å². The van der Waals surface area contributed by atoms with Gasteiger partial charge in [-0.1, -0.05) is 5.16 Å². The van der Waals surface area contributed by atoms with E-state index in [9.17, 15) is 0 Å². The number of benzene rings is 1. The number of nitrogens with two attached hydrogens (primary N) is 1. The van der Waals surface area contributed by atoms with Crippen LogP contribution in [-0.2, 0) is 6.61 Å². The van der Waals surface area contributed by atoms with Gasteiger partial charge in [-0.15, -0.1) is 0 Å². The first-order chi connectivity index (χ1) is 10.2. The highest BCUT2D eigenvalue weighted by Crippen LogP contribution is 2.19. The van der Waals surface area contributed by atoms with Crippen LogP contribution in [0.4, 0.5) is 5.69 Å².